The molecular formula is C18H15N5O4. The first-order chi connectivity index (χ1) is 13.0. The van der Waals surface area contributed by atoms with Gasteiger partial charge >= 0.3 is 5.97 Å². The van der Waals surface area contributed by atoms with Crippen molar-refractivity contribution in [1.29, 1.82) is 5.26 Å². The summed E-state index contributed by atoms with van der Waals surface area (Å²) in [7, 11) is 1.28. The fourth-order valence-corrected chi connectivity index (χ4v) is 2.34. The predicted octanol–water partition coefficient (Wildman–Crippen LogP) is 2.14. The van der Waals surface area contributed by atoms with E-state index in [1.54, 1.807) is 30.3 Å². The summed E-state index contributed by atoms with van der Waals surface area (Å²) >= 11 is 0. The molecule has 0 aliphatic rings. The van der Waals surface area contributed by atoms with Gasteiger partial charge in [-0.3, -0.25) is 0 Å². The maximum absolute atomic E-state index is 11.4. The lowest BCUT2D eigenvalue weighted by Gasteiger charge is -2.08. The Hall–Kier alpha value is -4.06. The van der Waals surface area contributed by atoms with Gasteiger partial charge < -0.3 is 25.4 Å². The molecule has 0 bridgehead atoms. The maximum Gasteiger partial charge on any atom is 0.373 e. The second-order valence-corrected chi connectivity index (χ2v) is 5.37. The molecule has 1 aromatic carbocycles. The molecule has 4 N–H and O–H groups in total. The van der Waals surface area contributed by atoms with Gasteiger partial charge in [-0.15, -0.1) is 0 Å². The number of benzene rings is 1. The molecule has 9 heteroatoms. The van der Waals surface area contributed by atoms with E-state index in [-0.39, 0.29) is 29.7 Å². The number of ether oxygens (including phenoxy) is 2. The molecule has 2 heterocycles. The van der Waals surface area contributed by atoms with Gasteiger partial charge in [0, 0.05) is 5.56 Å². The lowest BCUT2D eigenvalue weighted by molar-refractivity contribution is 0.0561. The van der Waals surface area contributed by atoms with E-state index in [9.17, 15) is 10.1 Å². The van der Waals surface area contributed by atoms with Crippen LogP contribution in [0.5, 0.6) is 5.75 Å². The number of nitrogens with zero attached hydrogens (tertiary/aromatic N) is 3. The van der Waals surface area contributed by atoms with Crippen molar-refractivity contribution in [1.82, 2.24) is 9.97 Å². The lowest BCUT2D eigenvalue weighted by atomic mass is 10.1. The van der Waals surface area contributed by atoms with Crippen molar-refractivity contribution < 1.29 is 18.7 Å². The van der Waals surface area contributed by atoms with Gasteiger partial charge in [-0.05, 0) is 36.4 Å². The normalized spacial score (nSPS) is 10.2. The van der Waals surface area contributed by atoms with Crippen molar-refractivity contribution in [3.8, 4) is 23.1 Å². The second kappa shape index (κ2) is 7.45. The third-order valence-electron chi connectivity index (χ3n) is 3.62. The lowest BCUT2D eigenvalue weighted by Crippen LogP contribution is -2.05. The summed E-state index contributed by atoms with van der Waals surface area (Å²) in [6, 6.07) is 12.0. The Bertz CT molecular complexity index is 1020. The Kier molecular flexibility index (Phi) is 4.90. The SMILES string of the molecule is COC(=O)c1ccc(COc2ccc(-c3nc(N)nc(N)c3C#N)cc2)o1. The molecule has 2 aromatic heterocycles. The molecule has 3 aromatic rings. The van der Waals surface area contributed by atoms with Crippen LogP contribution in [0.25, 0.3) is 11.3 Å². The first-order valence-electron chi connectivity index (χ1n) is 7.75. The first-order valence-corrected chi connectivity index (χ1v) is 7.75. The highest BCUT2D eigenvalue weighted by Gasteiger charge is 2.14. The summed E-state index contributed by atoms with van der Waals surface area (Å²) in [5.41, 5.74) is 12.5. The van der Waals surface area contributed by atoms with Crippen LogP contribution >= 0.6 is 0 Å². The number of nitriles is 1. The van der Waals surface area contributed by atoms with Crippen LogP contribution in [0.15, 0.2) is 40.8 Å². The molecule has 0 radical (unpaired) electrons. The van der Waals surface area contributed by atoms with Gasteiger partial charge in [-0.1, -0.05) is 0 Å². The molecule has 0 spiro atoms. The molecule has 0 unspecified atom stereocenters. The molecule has 0 aliphatic heterocycles. The largest absolute Gasteiger partial charge is 0.486 e. The van der Waals surface area contributed by atoms with Crippen LogP contribution < -0.4 is 16.2 Å². The summed E-state index contributed by atoms with van der Waals surface area (Å²) in [5, 5.41) is 9.26. The molecule has 0 saturated heterocycles. The number of hydrogen-bond acceptors (Lipinski definition) is 9. The van der Waals surface area contributed by atoms with Gasteiger partial charge in [0.15, 0.2) is 0 Å². The van der Waals surface area contributed by atoms with E-state index in [1.165, 1.54) is 13.2 Å². The summed E-state index contributed by atoms with van der Waals surface area (Å²) in [5.74, 6) is 0.600. The van der Waals surface area contributed by atoms with E-state index >= 15 is 0 Å². The van der Waals surface area contributed by atoms with E-state index in [1.807, 2.05) is 6.07 Å². The van der Waals surface area contributed by atoms with Crippen LogP contribution in [0, 0.1) is 11.3 Å². The molecule has 9 nitrogen and oxygen atoms in total. The van der Waals surface area contributed by atoms with Gasteiger partial charge in [0.25, 0.3) is 0 Å². The molecular weight excluding hydrogens is 350 g/mol. The van der Waals surface area contributed by atoms with Gasteiger partial charge in [0.1, 0.15) is 35.6 Å². The van der Waals surface area contributed by atoms with Crippen molar-refractivity contribution in [3.63, 3.8) is 0 Å². The second-order valence-electron chi connectivity index (χ2n) is 5.37. The van der Waals surface area contributed by atoms with Crippen molar-refractivity contribution in [2.75, 3.05) is 18.6 Å². The average Bonchev–Trinajstić information content (AvgIpc) is 3.14. The van der Waals surface area contributed by atoms with E-state index < -0.39 is 5.97 Å². The third kappa shape index (κ3) is 3.80. The van der Waals surface area contributed by atoms with Crippen molar-refractivity contribution in [2.45, 2.75) is 6.61 Å². The molecule has 0 aliphatic carbocycles. The number of carbonyl (C=O) groups excluding carboxylic acids is 1. The highest BCUT2D eigenvalue weighted by atomic mass is 16.5. The maximum atomic E-state index is 11.4. The van der Waals surface area contributed by atoms with Crippen molar-refractivity contribution >= 4 is 17.7 Å². The smallest absolute Gasteiger partial charge is 0.373 e. The fraction of sp³-hybridized carbons (Fsp3) is 0.111. The van der Waals surface area contributed by atoms with Crippen LogP contribution in [-0.2, 0) is 11.3 Å². The fourth-order valence-electron chi connectivity index (χ4n) is 2.34. The highest BCUT2D eigenvalue weighted by molar-refractivity contribution is 5.86. The number of methoxy groups -OCH3 is 1. The molecule has 0 saturated carbocycles. The van der Waals surface area contributed by atoms with Crippen molar-refractivity contribution in [3.05, 3.63) is 53.5 Å². The van der Waals surface area contributed by atoms with Gasteiger partial charge in [0.05, 0.1) is 12.8 Å². The zero-order valence-electron chi connectivity index (χ0n) is 14.3. The number of furan rings is 1. The van der Waals surface area contributed by atoms with Gasteiger partial charge in [0.2, 0.25) is 11.7 Å². The number of anilines is 2. The number of aromatic nitrogens is 2. The zero-order valence-corrected chi connectivity index (χ0v) is 14.3. The quantitative estimate of drug-likeness (QED) is 0.648. The summed E-state index contributed by atoms with van der Waals surface area (Å²) in [6.45, 7) is 0.132. The minimum Gasteiger partial charge on any atom is -0.486 e. The Labute approximate surface area is 154 Å². The molecule has 27 heavy (non-hydrogen) atoms. The van der Waals surface area contributed by atoms with Crippen LogP contribution in [0.4, 0.5) is 11.8 Å². The summed E-state index contributed by atoms with van der Waals surface area (Å²) < 4.78 is 15.5. The predicted molar refractivity (Wildman–Crippen MR) is 95.4 cm³/mol. The van der Waals surface area contributed by atoms with Crippen LogP contribution in [0.3, 0.4) is 0 Å². The number of carbonyl (C=O) groups is 1. The monoisotopic (exact) mass is 365 g/mol. The molecule has 0 atom stereocenters. The number of esters is 1. The number of rotatable bonds is 5. The molecule has 3 rings (SSSR count). The minimum absolute atomic E-state index is 0.0129. The summed E-state index contributed by atoms with van der Waals surface area (Å²) in [6.07, 6.45) is 0. The van der Waals surface area contributed by atoms with E-state index in [2.05, 4.69) is 14.7 Å². The molecule has 0 fully saturated rings. The van der Waals surface area contributed by atoms with Crippen LogP contribution in [0.2, 0.25) is 0 Å². The average molecular weight is 365 g/mol. The summed E-state index contributed by atoms with van der Waals surface area (Å²) in [4.78, 5) is 19.2. The first kappa shape index (κ1) is 17.8. The van der Waals surface area contributed by atoms with E-state index in [0.29, 0.717) is 22.8 Å². The van der Waals surface area contributed by atoms with E-state index in [4.69, 9.17) is 20.6 Å². The highest BCUT2D eigenvalue weighted by Crippen LogP contribution is 2.27. The minimum atomic E-state index is -0.553. The van der Waals surface area contributed by atoms with Crippen molar-refractivity contribution in [2.24, 2.45) is 0 Å². The third-order valence-corrected chi connectivity index (χ3v) is 3.62. The standard InChI is InChI=1S/C18H15N5O4/c1-25-17(24)14-7-6-12(27-14)9-26-11-4-2-10(3-5-11)15-13(8-19)16(20)23-18(21)22-15/h2-7H,9H2,1H3,(H4,20,21,22,23). The number of hydrogen-bond donors (Lipinski definition) is 2. The molecule has 0 amide bonds. The Morgan fingerprint density at radius 3 is 2.59 bits per heavy atom. The number of nitrogen functional groups attached to an aromatic ring is 2. The van der Waals surface area contributed by atoms with Gasteiger partial charge in [-0.2, -0.15) is 10.2 Å². The van der Waals surface area contributed by atoms with Crippen LogP contribution in [-0.4, -0.2) is 23.0 Å². The Balaban J connectivity index is 1.74. The van der Waals surface area contributed by atoms with E-state index in [0.717, 1.165) is 0 Å². The molecule has 136 valence electrons. The Morgan fingerprint density at radius 2 is 1.93 bits per heavy atom. The van der Waals surface area contributed by atoms with Crippen LogP contribution in [0.1, 0.15) is 21.9 Å². The van der Waals surface area contributed by atoms with Gasteiger partial charge in [-0.25, -0.2) is 9.78 Å². The Morgan fingerprint density at radius 1 is 1.19 bits per heavy atom. The number of nitrogens with two attached hydrogens (primary N) is 2. The topological polar surface area (TPSA) is 150 Å². The zero-order chi connectivity index (χ0) is 19.4.